The summed E-state index contributed by atoms with van der Waals surface area (Å²) in [5.74, 6) is 0.497. The average Bonchev–Trinajstić information content (AvgIpc) is 2.61. The van der Waals surface area contributed by atoms with Gasteiger partial charge in [-0.3, -0.25) is 9.69 Å². The minimum atomic E-state index is -0.113. The number of carbonyl (C=O) groups excluding carboxylic acids is 1. The molecule has 0 aliphatic carbocycles. The number of anilines is 1. The van der Waals surface area contributed by atoms with Gasteiger partial charge < -0.3 is 10.2 Å². The van der Waals surface area contributed by atoms with Gasteiger partial charge in [0.25, 0.3) is 5.91 Å². The van der Waals surface area contributed by atoms with Crippen molar-refractivity contribution in [2.75, 3.05) is 32.1 Å². The molecule has 6 nitrogen and oxygen atoms in total. The molecule has 0 radical (unpaired) electrons. The normalized spacial score (nSPS) is 15.2. The highest BCUT2D eigenvalue weighted by atomic mass is 16.1. The van der Waals surface area contributed by atoms with Crippen LogP contribution in [0.4, 0.5) is 5.95 Å². The van der Waals surface area contributed by atoms with E-state index in [1.54, 1.807) is 6.20 Å². The molecule has 3 rings (SSSR count). The zero-order valence-electron chi connectivity index (χ0n) is 16.0. The number of amides is 1. The number of carbonyl (C=O) groups is 1. The van der Waals surface area contributed by atoms with Crippen LogP contribution in [0.3, 0.4) is 0 Å². The number of rotatable bonds is 5. The number of benzene rings is 1. The Balaban J connectivity index is 1.58. The smallest absolute Gasteiger partial charge is 0.254 e. The number of fused-ring (bicyclic) bond motifs is 1. The van der Waals surface area contributed by atoms with Crippen LogP contribution in [-0.4, -0.2) is 54.0 Å². The van der Waals surface area contributed by atoms with Gasteiger partial charge in [0.2, 0.25) is 5.95 Å². The molecule has 1 aliphatic rings. The summed E-state index contributed by atoms with van der Waals surface area (Å²) in [6.45, 7) is 6.68. The summed E-state index contributed by atoms with van der Waals surface area (Å²) in [6.07, 6.45) is 2.67. The Bertz CT molecular complexity index is 790. The van der Waals surface area contributed by atoms with Crippen molar-refractivity contribution in [1.29, 1.82) is 0 Å². The zero-order chi connectivity index (χ0) is 18.7. The quantitative estimate of drug-likeness (QED) is 0.891. The third-order valence-corrected chi connectivity index (χ3v) is 4.73. The predicted octanol–water partition coefficient (Wildman–Crippen LogP) is 2.03. The lowest BCUT2D eigenvalue weighted by Gasteiger charge is -2.31. The van der Waals surface area contributed by atoms with E-state index < -0.39 is 0 Å². The molecule has 1 aromatic carbocycles. The fourth-order valence-corrected chi connectivity index (χ4v) is 3.34. The number of aryl methyl sites for hydroxylation is 1. The molecule has 1 aromatic heterocycles. The van der Waals surface area contributed by atoms with Gasteiger partial charge in [-0.15, -0.1) is 0 Å². The molecule has 26 heavy (non-hydrogen) atoms. The fraction of sp³-hybridized carbons (Fsp3) is 0.450. The Morgan fingerprint density at radius 3 is 2.73 bits per heavy atom. The van der Waals surface area contributed by atoms with Gasteiger partial charge in [-0.1, -0.05) is 24.3 Å². The molecule has 0 spiro atoms. The zero-order valence-corrected chi connectivity index (χ0v) is 16.0. The molecule has 1 N–H and O–H groups in total. The molecule has 0 bridgehead atoms. The van der Waals surface area contributed by atoms with Crippen LogP contribution >= 0.6 is 0 Å². The summed E-state index contributed by atoms with van der Waals surface area (Å²) in [6, 6.07) is 8.65. The van der Waals surface area contributed by atoms with Crippen LogP contribution in [0.15, 0.2) is 30.5 Å². The van der Waals surface area contributed by atoms with Crippen molar-refractivity contribution < 1.29 is 4.79 Å². The van der Waals surface area contributed by atoms with Crippen molar-refractivity contribution in [3.05, 3.63) is 52.8 Å². The first kappa shape index (κ1) is 18.3. The monoisotopic (exact) mass is 353 g/mol. The second-order valence-corrected chi connectivity index (χ2v) is 7.19. The predicted molar refractivity (Wildman–Crippen MR) is 103 cm³/mol. The molecule has 2 heterocycles. The van der Waals surface area contributed by atoms with Crippen LogP contribution in [0.2, 0.25) is 0 Å². The lowest BCUT2D eigenvalue weighted by Crippen LogP contribution is -2.43. The van der Waals surface area contributed by atoms with Crippen molar-refractivity contribution in [3.63, 3.8) is 0 Å². The maximum atomic E-state index is 12.6. The largest absolute Gasteiger partial charge is 0.348 e. The van der Waals surface area contributed by atoms with E-state index in [-0.39, 0.29) is 11.9 Å². The second-order valence-electron chi connectivity index (χ2n) is 7.19. The lowest BCUT2D eigenvalue weighted by atomic mass is 9.99. The first-order valence-corrected chi connectivity index (χ1v) is 9.05. The molecule has 0 saturated carbocycles. The number of hydrogen-bond acceptors (Lipinski definition) is 5. The Hall–Kier alpha value is -2.47. The van der Waals surface area contributed by atoms with E-state index in [0.29, 0.717) is 17.2 Å². The number of aromatic nitrogens is 2. The molecular formula is C20H27N5O. The summed E-state index contributed by atoms with van der Waals surface area (Å²) in [4.78, 5) is 25.4. The molecule has 0 unspecified atom stereocenters. The minimum Gasteiger partial charge on any atom is -0.348 e. The Morgan fingerprint density at radius 1 is 1.31 bits per heavy atom. The van der Waals surface area contributed by atoms with Crippen molar-refractivity contribution in [2.45, 2.75) is 32.9 Å². The topological polar surface area (TPSA) is 61.4 Å². The number of hydrogen-bond donors (Lipinski definition) is 1. The van der Waals surface area contributed by atoms with E-state index in [9.17, 15) is 4.79 Å². The fourth-order valence-electron chi connectivity index (χ4n) is 3.34. The van der Waals surface area contributed by atoms with Gasteiger partial charge in [0.1, 0.15) is 0 Å². The van der Waals surface area contributed by atoms with Gasteiger partial charge in [0.15, 0.2) is 0 Å². The molecule has 138 valence electrons. The van der Waals surface area contributed by atoms with Gasteiger partial charge in [0.05, 0.1) is 11.3 Å². The first-order chi connectivity index (χ1) is 12.4. The molecule has 0 fully saturated rings. The van der Waals surface area contributed by atoms with Gasteiger partial charge in [0, 0.05) is 46.0 Å². The molecule has 1 aliphatic heterocycles. The Kier molecular flexibility index (Phi) is 5.52. The highest BCUT2D eigenvalue weighted by molar-refractivity contribution is 5.95. The van der Waals surface area contributed by atoms with Crippen molar-refractivity contribution in [2.24, 2.45) is 0 Å². The van der Waals surface area contributed by atoms with E-state index in [4.69, 9.17) is 0 Å². The van der Waals surface area contributed by atoms with Crippen molar-refractivity contribution in [3.8, 4) is 0 Å². The SMILES string of the molecule is Cc1nc(N(C)C)ncc1C(=O)N[C@H](C)CN1CCc2ccccc2C1. The standard InChI is InChI=1S/C20H27N5O/c1-14(12-25-10-9-16-7-5-6-8-17(16)13-25)22-19(26)18-11-21-20(24(3)4)23-15(18)2/h5-8,11,14H,9-10,12-13H2,1-4H3,(H,22,26)/t14-/m1/s1. The summed E-state index contributed by atoms with van der Waals surface area (Å²) in [7, 11) is 3.76. The average molecular weight is 353 g/mol. The van der Waals surface area contributed by atoms with Crippen LogP contribution in [0.1, 0.15) is 34.1 Å². The van der Waals surface area contributed by atoms with Crippen molar-refractivity contribution in [1.82, 2.24) is 20.2 Å². The van der Waals surface area contributed by atoms with E-state index >= 15 is 0 Å². The third-order valence-electron chi connectivity index (χ3n) is 4.73. The van der Waals surface area contributed by atoms with Crippen LogP contribution in [0.25, 0.3) is 0 Å². The van der Waals surface area contributed by atoms with E-state index in [1.807, 2.05) is 32.8 Å². The van der Waals surface area contributed by atoms with Crippen LogP contribution in [0.5, 0.6) is 0 Å². The molecule has 1 atom stereocenters. The van der Waals surface area contributed by atoms with Gasteiger partial charge in [-0.2, -0.15) is 0 Å². The van der Waals surface area contributed by atoms with Crippen LogP contribution in [0, 0.1) is 6.92 Å². The van der Waals surface area contributed by atoms with E-state index in [1.165, 1.54) is 11.1 Å². The molecule has 0 saturated heterocycles. The van der Waals surface area contributed by atoms with Gasteiger partial charge in [-0.05, 0) is 31.4 Å². The van der Waals surface area contributed by atoms with Crippen LogP contribution in [-0.2, 0) is 13.0 Å². The summed E-state index contributed by atoms with van der Waals surface area (Å²) in [5, 5.41) is 3.08. The third kappa shape index (κ3) is 4.19. The summed E-state index contributed by atoms with van der Waals surface area (Å²) >= 11 is 0. The molecule has 1 amide bonds. The molecule has 6 heteroatoms. The Labute approximate surface area is 155 Å². The molecular weight excluding hydrogens is 326 g/mol. The minimum absolute atomic E-state index is 0.0562. The highest BCUT2D eigenvalue weighted by Gasteiger charge is 2.20. The van der Waals surface area contributed by atoms with Crippen molar-refractivity contribution >= 4 is 11.9 Å². The number of nitrogens with zero attached hydrogens (tertiary/aromatic N) is 4. The Morgan fingerprint density at radius 2 is 2.04 bits per heavy atom. The molecule has 2 aromatic rings. The lowest BCUT2D eigenvalue weighted by molar-refractivity contribution is 0.0925. The second kappa shape index (κ2) is 7.83. The summed E-state index contributed by atoms with van der Waals surface area (Å²) < 4.78 is 0. The van der Waals surface area contributed by atoms with Gasteiger partial charge in [-0.25, -0.2) is 9.97 Å². The van der Waals surface area contributed by atoms with E-state index in [2.05, 4.69) is 44.5 Å². The van der Waals surface area contributed by atoms with E-state index in [0.717, 1.165) is 26.1 Å². The number of nitrogens with one attached hydrogen (secondary N) is 1. The first-order valence-electron chi connectivity index (χ1n) is 9.05. The van der Waals surface area contributed by atoms with Crippen LogP contribution < -0.4 is 10.2 Å². The highest BCUT2D eigenvalue weighted by Crippen LogP contribution is 2.18. The maximum absolute atomic E-state index is 12.6. The van der Waals surface area contributed by atoms with Gasteiger partial charge >= 0.3 is 0 Å². The summed E-state index contributed by atoms with van der Waals surface area (Å²) in [5.41, 5.74) is 4.06. The maximum Gasteiger partial charge on any atom is 0.254 e.